The number of para-hydroxylation sites is 1. The number of nitrogens with zero attached hydrogens (tertiary/aromatic N) is 1. The molecule has 6 nitrogen and oxygen atoms in total. The zero-order valence-corrected chi connectivity index (χ0v) is 16.7. The SMILES string of the molecule is CCS(=O)(=O)c1ccc(S(=O)(=O)NCC(C)N(C)c2ccccc2)cc1. The van der Waals surface area contributed by atoms with Crippen molar-refractivity contribution in [2.24, 2.45) is 0 Å². The molecule has 0 aliphatic rings. The molecule has 0 radical (unpaired) electrons. The second-order valence-corrected chi connectivity index (χ2v) is 10.1. The molecule has 1 unspecified atom stereocenters. The van der Waals surface area contributed by atoms with Gasteiger partial charge in [-0.1, -0.05) is 25.1 Å². The molecule has 8 heteroatoms. The van der Waals surface area contributed by atoms with Gasteiger partial charge in [-0.3, -0.25) is 0 Å². The van der Waals surface area contributed by atoms with Crippen molar-refractivity contribution in [3.8, 4) is 0 Å². The Hall–Kier alpha value is -1.90. The van der Waals surface area contributed by atoms with Crippen molar-refractivity contribution in [3.63, 3.8) is 0 Å². The minimum atomic E-state index is -3.71. The molecule has 0 saturated carbocycles. The summed E-state index contributed by atoms with van der Waals surface area (Å²) in [4.78, 5) is 2.15. The number of sulfonamides is 1. The molecular weight excluding hydrogens is 372 g/mol. The molecular formula is C18H24N2O4S2. The number of sulfone groups is 1. The summed E-state index contributed by atoms with van der Waals surface area (Å²) < 4.78 is 51.1. The normalized spacial score (nSPS) is 13.3. The minimum absolute atomic E-state index is 0.0271. The summed E-state index contributed by atoms with van der Waals surface area (Å²) in [5, 5.41) is 0. The number of nitrogens with one attached hydrogen (secondary N) is 1. The summed E-state index contributed by atoms with van der Waals surface area (Å²) in [6, 6.07) is 14.9. The zero-order valence-electron chi connectivity index (χ0n) is 15.1. The highest BCUT2D eigenvalue weighted by atomic mass is 32.2. The number of anilines is 1. The fourth-order valence-electron chi connectivity index (χ4n) is 2.36. The van der Waals surface area contributed by atoms with Gasteiger partial charge in [-0.15, -0.1) is 0 Å². The second-order valence-electron chi connectivity index (χ2n) is 6.02. The Balaban J connectivity index is 2.07. The molecule has 0 spiro atoms. The Bertz CT molecular complexity index is 925. The van der Waals surface area contributed by atoms with Crippen molar-refractivity contribution in [3.05, 3.63) is 54.6 Å². The van der Waals surface area contributed by atoms with Crippen LogP contribution in [0.4, 0.5) is 5.69 Å². The van der Waals surface area contributed by atoms with Gasteiger partial charge in [0.1, 0.15) is 0 Å². The lowest BCUT2D eigenvalue weighted by Crippen LogP contribution is -2.40. The number of hydrogen-bond acceptors (Lipinski definition) is 5. The minimum Gasteiger partial charge on any atom is -0.371 e. The highest BCUT2D eigenvalue weighted by Gasteiger charge is 2.19. The van der Waals surface area contributed by atoms with Crippen molar-refractivity contribution < 1.29 is 16.8 Å². The van der Waals surface area contributed by atoms with Crippen molar-refractivity contribution >= 4 is 25.5 Å². The molecule has 0 fully saturated rings. The fraction of sp³-hybridized carbons (Fsp3) is 0.333. The molecule has 1 atom stereocenters. The largest absolute Gasteiger partial charge is 0.371 e. The first-order chi connectivity index (χ1) is 12.2. The number of likely N-dealkylation sites (N-methyl/N-ethyl adjacent to an activating group) is 1. The third-order valence-electron chi connectivity index (χ3n) is 4.27. The van der Waals surface area contributed by atoms with Crippen LogP contribution in [-0.4, -0.2) is 42.2 Å². The van der Waals surface area contributed by atoms with E-state index in [0.717, 1.165) is 5.69 Å². The maximum Gasteiger partial charge on any atom is 0.240 e. The topological polar surface area (TPSA) is 83.5 Å². The van der Waals surface area contributed by atoms with Crippen LogP contribution in [0.3, 0.4) is 0 Å². The predicted molar refractivity (Wildman–Crippen MR) is 104 cm³/mol. The average molecular weight is 397 g/mol. The van der Waals surface area contributed by atoms with E-state index in [1.165, 1.54) is 24.3 Å². The lowest BCUT2D eigenvalue weighted by atomic mass is 10.2. The Morgan fingerprint density at radius 2 is 1.46 bits per heavy atom. The van der Waals surface area contributed by atoms with Crippen LogP contribution in [0.5, 0.6) is 0 Å². The summed E-state index contributed by atoms with van der Waals surface area (Å²) >= 11 is 0. The maximum atomic E-state index is 12.4. The first kappa shape index (κ1) is 20.4. The quantitative estimate of drug-likeness (QED) is 0.740. The van der Waals surface area contributed by atoms with Crippen LogP contribution in [0.15, 0.2) is 64.4 Å². The Morgan fingerprint density at radius 3 is 2.00 bits per heavy atom. The Morgan fingerprint density at radius 1 is 0.923 bits per heavy atom. The monoisotopic (exact) mass is 396 g/mol. The summed E-state index contributed by atoms with van der Waals surface area (Å²) in [5.41, 5.74) is 0.994. The van der Waals surface area contributed by atoms with Crippen LogP contribution in [0, 0.1) is 0 Å². The van der Waals surface area contributed by atoms with Gasteiger partial charge < -0.3 is 4.90 Å². The van der Waals surface area contributed by atoms with Gasteiger partial charge in [0.05, 0.1) is 15.5 Å². The summed E-state index contributed by atoms with van der Waals surface area (Å²) in [6.07, 6.45) is 0. The number of hydrogen-bond donors (Lipinski definition) is 1. The van der Waals surface area contributed by atoms with Gasteiger partial charge in [-0.2, -0.15) is 0 Å². The van der Waals surface area contributed by atoms with Crippen molar-refractivity contribution in [1.82, 2.24) is 4.72 Å². The fourth-order valence-corrected chi connectivity index (χ4v) is 4.37. The van der Waals surface area contributed by atoms with Crippen molar-refractivity contribution in [2.45, 2.75) is 29.7 Å². The van der Waals surface area contributed by atoms with Gasteiger partial charge in [0.2, 0.25) is 10.0 Å². The summed E-state index contributed by atoms with van der Waals surface area (Å²) in [7, 11) is -5.16. The molecule has 142 valence electrons. The average Bonchev–Trinajstić information content (AvgIpc) is 2.66. The zero-order chi connectivity index (χ0) is 19.4. The molecule has 0 aliphatic heterocycles. The second kappa shape index (κ2) is 8.20. The van der Waals surface area contributed by atoms with E-state index in [-0.39, 0.29) is 28.1 Å². The van der Waals surface area contributed by atoms with E-state index in [2.05, 4.69) is 4.72 Å². The Labute approximate surface area is 155 Å². The van der Waals surface area contributed by atoms with Gasteiger partial charge >= 0.3 is 0 Å². The molecule has 0 heterocycles. The van der Waals surface area contributed by atoms with Crippen molar-refractivity contribution in [1.29, 1.82) is 0 Å². The van der Waals surface area contributed by atoms with Crippen LogP contribution in [0.2, 0.25) is 0 Å². The summed E-state index contributed by atoms with van der Waals surface area (Å²) in [5.74, 6) is -0.0271. The Kier molecular flexibility index (Phi) is 6.44. The molecule has 2 rings (SSSR count). The molecule has 0 amide bonds. The third kappa shape index (κ3) is 4.84. The molecule has 0 aliphatic carbocycles. The molecule has 0 saturated heterocycles. The smallest absolute Gasteiger partial charge is 0.240 e. The molecule has 1 N–H and O–H groups in total. The van der Waals surface area contributed by atoms with Crippen LogP contribution in [-0.2, 0) is 19.9 Å². The van der Waals surface area contributed by atoms with Crippen molar-refractivity contribution in [2.75, 3.05) is 24.2 Å². The van der Waals surface area contributed by atoms with E-state index in [1.54, 1.807) is 6.92 Å². The third-order valence-corrected chi connectivity index (χ3v) is 7.46. The molecule has 0 bridgehead atoms. The molecule has 2 aromatic rings. The standard InChI is InChI=1S/C18H24N2O4S2/c1-4-25(21,22)17-10-12-18(13-11-17)26(23,24)19-14-15(2)20(3)16-8-6-5-7-9-16/h5-13,15,19H,4,14H2,1-3H3. The predicted octanol–water partition coefficient (Wildman–Crippen LogP) is 2.28. The number of rotatable bonds is 8. The first-order valence-electron chi connectivity index (χ1n) is 8.28. The van der Waals surface area contributed by atoms with Gasteiger partial charge in [-0.05, 0) is 43.3 Å². The molecule has 26 heavy (non-hydrogen) atoms. The lowest BCUT2D eigenvalue weighted by molar-refractivity contribution is 0.569. The van der Waals surface area contributed by atoms with Gasteiger partial charge in [0.15, 0.2) is 9.84 Å². The van der Waals surface area contributed by atoms with E-state index in [1.807, 2.05) is 49.2 Å². The highest BCUT2D eigenvalue weighted by Crippen LogP contribution is 2.17. The van der Waals surface area contributed by atoms with E-state index in [4.69, 9.17) is 0 Å². The van der Waals surface area contributed by atoms with Crippen LogP contribution < -0.4 is 9.62 Å². The van der Waals surface area contributed by atoms with E-state index < -0.39 is 19.9 Å². The van der Waals surface area contributed by atoms with Crippen LogP contribution >= 0.6 is 0 Å². The molecule has 0 aromatic heterocycles. The van der Waals surface area contributed by atoms with E-state index >= 15 is 0 Å². The summed E-state index contributed by atoms with van der Waals surface area (Å²) in [6.45, 7) is 3.70. The van der Waals surface area contributed by atoms with Gasteiger partial charge in [0.25, 0.3) is 0 Å². The lowest BCUT2D eigenvalue weighted by Gasteiger charge is -2.27. The van der Waals surface area contributed by atoms with Gasteiger partial charge in [0, 0.05) is 25.3 Å². The van der Waals surface area contributed by atoms with Crippen LogP contribution in [0.1, 0.15) is 13.8 Å². The van der Waals surface area contributed by atoms with E-state index in [0.29, 0.717) is 0 Å². The first-order valence-corrected chi connectivity index (χ1v) is 11.4. The molecule has 2 aromatic carbocycles. The maximum absolute atomic E-state index is 12.4. The van der Waals surface area contributed by atoms with Crippen LogP contribution in [0.25, 0.3) is 0 Å². The highest BCUT2D eigenvalue weighted by molar-refractivity contribution is 7.91. The van der Waals surface area contributed by atoms with Gasteiger partial charge in [-0.25, -0.2) is 21.6 Å². The number of benzene rings is 2. The van der Waals surface area contributed by atoms with E-state index in [9.17, 15) is 16.8 Å².